The van der Waals surface area contributed by atoms with Gasteiger partial charge in [0.1, 0.15) is 11.3 Å². The second kappa shape index (κ2) is 7.24. The lowest BCUT2D eigenvalue weighted by atomic mass is 9.78. The van der Waals surface area contributed by atoms with Crippen molar-refractivity contribution in [2.24, 2.45) is 5.41 Å². The number of rotatable bonds is 6. The number of aromatic nitrogens is 1. The molecule has 1 aliphatic heterocycles. The molecule has 0 aliphatic carbocycles. The Morgan fingerprint density at radius 2 is 2.32 bits per heavy atom. The predicted molar refractivity (Wildman–Crippen MR) is 81.8 cm³/mol. The van der Waals surface area contributed by atoms with Gasteiger partial charge in [0.15, 0.2) is 0 Å². The van der Waals surface area contributed by atoms with Gasteiger partial charge in [-0.05, 0) is 32.6 Å². The van der Waals surface area contributed by atoms with Gasteiger partial charge in [0, 0.05) is 32.2 Å². The molecule has 1 N–H and O–H groups in total. The minimum Gasteiger partial charge on any atom is -0.396 e. The number of piperidine rings is 1. The topological polar surface area (TPSA) is 75.8 Å². The molecular weight excluding hydrogens is 284 g/mol. The Hall–Kier alpha value is -1.40. The monoisotopic (exact) mass is 310 g/mol. The summed E-state index contributed by atoms with van der Waals surface area (Å²) < 4.78 is 10.3. The highest BCUT2D eigenvalue weighted by atomic mass is 16.5. The van der Waals surface area contributed by atoms with Crippen LogP contribution in [0.4, 0.5) is 0 Å². The molecule has 1 aromatic rings. The van der Waals surface area contributed by atoms with Crippen LogP contribution in [-0.2, 0) is 11.2 Å². The lowest BCUT2D eigenvalue weighted by Crippen LogP contribution is -2.48. The summed E-state index contributed by atoms with van der Waals surface area (Å²) in [6.07, 6.45) is 3.23. The van der Waals surface area contributed by atoms with Crippen LogP contribution in [0.2, 0.25) is 0 Å². The average molecular weight is 310 g/mol. The number of likely N-dealkylation sites (tertiary alicyclic amines) is 1. The number of carbonyl (C=O) groups excluding carboxylic acids is 1. The molecule has 6 heteroatoms. The standard InChI is InChI=1S/C16H26N2O4/c1-4-13-14(12(2)22-17-13)15(20)18-8-5-6-16(10-18,11-19)7-9-21-3/h19H,4-11H2,1-3H3. The van der Waals surface area contributed by atoms with E-state index >= 15 is 0 Å². The van der Waals surface area contributed by atoms with Crippen LogP contribution in [0.15, 0.2) is 4.52 Å². The molecule has 1 aromatic heterocycles. The molecule has 0 radical (unpaired) electrons. The summed E-state index contributed by atoms with van der Waals surface area (Å²) in [4.78, 5) is 14.7. The van der Waals surface area contributed by atoms with E-state index in [1.165, 1.54) is 0 Å². The highest BCUT2D eigenvalue weighted by Crippen LogP contribution is 2.34. The van der Waals surface area contributed by atoms with E-state index in [2.05, 4.69) is 5.16 Å². The van der Waals surface area contributed by atoms with Gasteiger partial charge in [0.05, 0.1) is 12.3 Å². The Labute approximate surface area is 131 Å². The average Bonchev–Trinajstić information content (AvgIpc) is 2.93. The van der Waals surface area contributed by atoms with Crippen molar-refractivity contribution in [1.29, 1.82) is 0 Å². The molecule has 0 saturated carbocycles. The van der Waals surface area contributed by atoms with Gasteiger partial charge in [-0.15, -0.1) is 0 Å². The molecule has 2 rings (SSSR count). The van der Waals surface area contributed by atoms with Crippen LogP contribution in [-0.4, -0.2) is 54.5 Å². The summed E-state index contributed by atoms with van der Waals surface area (Å²) in [6, 6.07) is 0. The molecule has 0 spiro atoms. The fraction of sp³-hybridized carbons (Fsp3) is 0.750. The number of carbonyl (C=O) groups is 1. The van der Waals surface area contributed by atoms with Crippen molar-refractivity contribution < 1.29 is 19.2 Å². The molecule has 6 nitrogen and oxygen atoms in total. The zero-order valence-electron chi connectivity index (χ0n) is 13.7. The molecule has 124 valence electrons. The fourth-order valence-electron chi connectivity index (χ4n) is 3.20. The molecule has 1 aliphatic rings. The number of hydrogen-bond acceptors (Lipinski definition) is 5. The molecule has 0 bridgehead atoms. The van der Waals surface area contributed by atoms with E-state index in [1.807, 2.05) is 11.8 Å². The van der Waals surface area contributed by atoms with Crippen LogP contribution in [0, 0.1) is 12.3 Å². The molecule has 1 saturated heterocycles. The van der Waals surface area contributed by atoms with Crippen LogP contribution < -0.4 is 0 Å². The smallest absolute Gasteiger partial charge is 0.259 e. The van der Waals surface area contributed by atoms with E-state index in [0.717, 1.165) is 19.3 Å². The Bertz CT molecular complexity index is 514. The number of aliphatic hydroxyl groups is 1. The summed E-state index contributed by atoms with van der Waals surface area (Å²) in [5.41, 5.74) is 1.03. The van der Waals surface area contributed by atoms with Crippen LogP contribution in [0.5, 0.6) is 0 Å². The van der Waals surface area contributed by atoms with Gasteiger partial charge in [-0.3, -0.25) is 4.79 Å². The van der Waals surface area contributed by atoms with Crippen molar-refractivity contribution in [3.05, 3.63) is 17.0 Å². The Morgan fingerprint density at radius 3 is 2.95 bits per heavy atom. The van der Waals surface area contributed by atoms with Gasteiger partial charge < -0.3 is 19.3 Å². The third-order valence-electron chi connectivity index (χ3n) is 4.60. The molecule has 1 amide bonds. The predicted octanol–water partition coefficient (Wildman–Crippen LogP) is 1.80. The van der Waals surface area contributed by atoms with Crippen LogP contribution in [0.3, 0.4) is 0 Å². The normalized spacial score (nSPS) is 22.1. The van der Waals surface area contributed by atoms with Crippen molar-refractivity contribution in [2.75, 3.05) is 33.4 Å². The lowest BCUT2D eigenvalue weighted by molar-refractivity contribution is 0.00887. The Kier molecular flexibility index (Phi) is 5.58. The lowest BCUT2D eigenvalue weighted by Gasteiger charge is -2.41. The van der Waals surface area contributed by atoms with Crippen LogP contribution in [0.25, 0.3) is 0 Å². The summed E-state index contributed by atoms with van der Waals surface area (Å²) in [5.74, 6) is 0.532. The number of nitrogens with zero attached hydrogens (tertiary/aromatic N) is 2. The van der Waals surface area contributed by atoms with Gasteiger partial charge >= 0.3 is 0 Å². The fourth-order valence-corrected chi connectivity index (χ4v) is 3.20. The first-order valence-electron chi connectivity index (χ1n) is 7.91. The summed E-state index contributed by atoms with van der Waals surface area (Å²) in [6.45, 7) is 5.66. The second-order valence-electron chi connectivity index (χ2n) is 6.15. The van der Waals surface area contributed by atoms with E-state index in [0.29, 0.717) is 43.1 Å². The van der Waals surface area contributed by atoms with Gasteiger partial charge in [-0.25, -0.2) is 0 Å². The number of ether oxygens (including phenoxy) is 1. The van der Waals surface area contributed by atoms with E-state index in [-0.39, 0.29) is 17.9 Å². The number of hydrogen-bond donors (Lipinski definition) is 1. The zero-order chi connectivity index (χ0) is 16.2. The number of methoxy groups -OCH3 is 1. The van der Waals surface area contributed by atoms with Crippen molar-refractivity contribution in [2.45, 2.75) is 39.5 Å². The molecule has 0 aromatic carbocycles. The summed E-state index contributed by atoms with van der Waals surface area (Å²) >= 11 is 0. The SMILES string of the molecule is CCc1noc(C)c1C(=O)N1CCCC(CO)(CCOC)C1. The van der Waals surface area contributed by atoms with Crippen LogP contribution >= 0.6 is 0 Å². The maximum atomic E-state index is 12.9. The quantitative estimate of drug-likeness (QED) is 0.867. The maximum Gasteiger partial charge on any atom is 0.259 e. The minimum absolute atomic E-state index is 0.0365. The van der Waals surface area contributed by atoms with Gasteiger partial charge in [-0.1, -0.05) is 12.1 Å². The first kappa shape index (κ1) is 17.0. The largest absolute Gasteiger partial charge is 0.396 e. The van der Waals surface area contributed by atoms with Crippen molar-refractivity contribution in [3.63, 3.8) is 0 Å². The summed E-state index contributed by atoms with van der Waals surface area (Å²) in [5, 5.41) is 13.8. The van der Waals surface area contributed by atoms with Gasteiger partial charge in [0.25, 0.3) is 5.91 Å². The number of amides is 1. The van der Waals surface area contributed by atoms with Gasteiger partial charge in [0.2, 0.25) is 0 Å². The molecule has 1 atom stereocenters. The van der Waals surface area contributed by atoms with Crippen molar-refractivity contribution in [3.8, 4) is 0 Å². The number of aryl methyl sites for hydroxylation is 2. The highest BCUT2D eigenvalue weighted by Gasteiger charge is 2.37. The van der Waals surface area contributed by atoms with Crippen LogP contribution in [0.1, 0.15) is 48.0 Å². The third kappa shape index (κ3) is 3.33. The third-order valence-corrected chi connectivity index (χ3v) is 4.60. The van der Waals surface area contributed by atoms with E-state index < -0.39 is 0 Å². The first-order valence-corrected chi connectivity index (χ1v) is 7.91. The van der Waals surface area contributed by atoms with Crippen molar-refractivity contribution in [1.82, 2.24) is 10.1 Å². The highest BCUT2D eigenvalue weighted by molar-refractivity contribution is 5.96. The van der Waals surface area contributed by atoms with E-state index in [4.69, 9.17) is 9.26 Å². The second-order valence-corrected chi connectivity index (χ2v) is 6.15. The molecule has 2 heterocycles. The van der Waals surface area contributed by atoms with Crippen molar-refractivity contribution >= 4 is 5.91 Å². The first-order chi connectivity index (χ1) is 10.6. The Morgan fingerprint density at radius 1 is 1.55 bits per heavy atom. The molecule has 1 unspecified atom stereocenters. The summed E-state index contributed by atoms with van der Waals surface area (Å²) in [7, 11) is 1.66. The molecule has 22 heavy (non-hydrogen) atoms. The molecule has 1 fully saturated rings. The number of aliphatic hydroxyl groups excluding tert-OH is 1. The Balaban J connectivity index is 2.17. The van der Waals surface area contributed by atoms with E-state index in [1.54, 1.807) is 14.0 Å². The van der Waals surface area contributed by atoms with Gasteiger partial charge in [-0.2, -0.15) is 0 Å². The zero-order valence-corrected chi connectivity index (χ0v) is 13.7. The molecular formula is C16H26N2O4. The minimum atomic E-state index is -0.263. The van der Waals surface area contributed by atoms with E-state index in [9.17, 15) is 9.90 Å². The maximum absolute atomic E-state index is 12.9.